The van der Waals surface area contributed by atoms with Gasteiger partial charge < -0.3 is 14.6 Å². The van der Waals surface area contributed by atoms with Gasteiger partial charge in [-0.3, -0.25) is 0 Å². The van der Waals surface area contributed by atoms with E-state index in [4.69, 9.17) is 9.47 Å². The number of rotatable bonds is 4. The van der Waals surface area contributed by atoms with Crippen LogP contribution in [0.25, 0.3) is 0 Å². The van der Waals surface area contributed by atoms with Crippen LogP contribution in [0.1, 0.15) is 11.5 Å². The van der Waals surface area contributed by atoms with Crippen LogP contribution in [0.4, 0.5) is 0 Å². The summed E-state index contributed by atoms with van der Waals surface area (Å²) in [5, 5.41) is 13.7. The third kappa shape index (κ3) is 2.59. The molecule has 128 valence electrons. The van der Waals surface area contributed by atoms with E-state index in [1.54, 1.807) is 17.4 Å². The number of sulfonamides is 1. The molecule has 8 heteroatoms. The van der Waals surface area contributed by atoms with Crippen molar-refractivity contribution in [3.05, 3.63) is 40.6 Å². The standard InChI is InChI=1S/C16H17NO5S2/c18-8-12-6-17(7-14(12)11-3-4-23-9-11)24(19,20)13-1-2-15-16(5-13)22-10-21-15/h1-5,9,12,14,18H,6-8,10H2/t12-,14+/m1/s1. The number of aliphatic hydroxyl groups excluding tert-OH is 1. The molecule has 0 spiro atoms. The molecule has 2 aliphatic rings. The van der Waals surface area contributed by atoms with Crippen LogP contribution in [0, 0.1) is 5.92 Å². The Bertz CT molecular complexity index is 834. The molecule has 0 unspecified atom stereocenters. The zero-order chi connectivity index (χ0) is 16.7. The van der Waals surface area contributed by atoms with E-state index in [1.165, 1.54) is 16.4 Å². The van der Waals surface area contributed by atoms with Crippen molar-refractivity contribution >= 4 is 21.4 Å². The van der Waals surface area contributed by atoms with Crippen LogP contribution in [0.5, 0.6) is 11.5 Å². The lowest BCUT2D eigenvalue weighted by atomic mass is 9.92. The lowest BCUT2D eigenvalue weighted by Gasteiger charge is -2.16. The highest BCUT2D eigenvalue weighted by Crippen LogP contribution is 2.38. The Morgan fingerprint density at radius 1 is 1.21 bits per heavy atom. The Morgan fingerprint density at radius 3 is 2.79 bits per heavy atom. The van der Waals surface area contributed by atoms with Gasteiger partial charge in [0.15, 0.2) is 11.5 Å². The van der Waals surface area contributed by atoms with Crippen LogP contribution in [0.3, 0.4) is 0 Å². The fraction of sp³-hybridized carbons (Fsp3) is 0.375. The van der Waals surface area contributed by atoms with Gasteiger partial charge in [-0.2, -0.15) is 15.6 Å². The number of hydrogen-bond donors (Lipinski definition) is 1. The maximum atomic E-state index is 13.0. The third-order valence-corrected chi connectivity index (χ3v) is 7.12. The van der Waals surface area contributed by atoms with Crippen LogP contribution in [-0.4, -0.2) is 44.3 Å². The molecule has 3 heterocycles. The maximum absolute atomic E-state index is 13.0. The first kappa shape index (κ1) is 15.9. The Kier molecular flexibility index (Phi) is 4.00. The van der Waals surface area contributed by atoms with E-state index < -0.39 is 10.0 Å². The molecule has 2 atom stereocenters. The second-order valence-electron chi connectivity index (χ2n) is 5.94. The second kappa shape index (κ2) is 6.03. The van der Waals surface area contributed by atoms with Gasteiger partial charge in [0.25, 0.3) is 0 Å². The number of ether oxygens (including phenoxy) is 2. The predicted octanol–water partition coefficient (Wildman–Crippen LogP) is 1.87. The molecule has 0 radical (unpaired) electrons. The number of benzene rings is 1. The number of hydrogen-bond acceptors (Lipinski definition) is 6. The van der Waals surface area contributed by atoms with Crippen LogP contribution in [0.2, 0.25) is 0 Å². The molecule has 1 aromatic carbocycles. The Hall–Kier alpha value is -1.61. The van der Waals surface area contributed by atoms with Gasteiger partial charge in [0.2, 0.25) is 16.8 Å². The molecule has 0 saturated carbocycles. The van der Waals surface area contributed by atoms with Crippen molar-refractivity contribution in [2.75, 3.05) is 26.5 Å². The molecule has 1 N–H and O–H groups in total. The fourth-order valence-electron chi connectivity index (χ4n) is 3.26. The summed E-state index contributed by atoms with van der Waals surface area (Å²) in [7, 11) is -3.64. The highest BCUT2D eigenvalue weighted by atomic mass is 32.2. The topological polar surface area (TPSA) is 76.1 Å². The van der Waals surface area contributed by atoms with Gasteiger partial charge in [0.05, 0.1) is 4.90 Å². The average Bonchev–Trinajstić information content (AvgIpc) is 3.31. The molecule has 24 heavy (non-hydrogen) atoms. The van der Waals surface area contributed by atoms with E-state index in [0.29, 0.717) is 24.6 Å². The van der Waals surface area contributed by atoms with E-state index in [2.05, 4.69) is 0 Å². The Labute approximate surface area is 144 Å². The monoisotopic (exact) mass is 367 g/mol. The summed E-state index contributed by atoms with van der Waals surface area (Å²) in [5.41, 5.74) is 1.09. The lowest BCUT2D eigenvalue weighted by Crippen LogP contribution is -2.29. The highest BCUT2D eigenvalue weighted by Gasteiger charge is 2.40. The molecule has 1 fully saturated rings. The van der Waals surface area contributed by atoms with Gasteiger partial charge >= 0.3 is 0 Å². The zero-order valence-electron chi connectivity index (χ0n) is 12.8. The first-order valence-electron chi connectivity index (χ1n) is 7.62. The summed E-state index contributed by atoms with van der Waals surface area (Å²) in [6, 6.07) is 6.65. The quantitative estimate of drug-likeness (QED) is 0.893. The van der Waals surface area contributed by atoms with Crippen LogP contribution >= 0.6 is 11.3 Å². The SMILES string of the molecule is O=S(=O)(c1ccc2c(c1)OCO2)N1C[C@H](CO)[C@H](c2ccsc2)C1. The summed E-state index contributed by atoms with van der Waals surface area (Å²) in [6.45, 7) is 0.759. The fourth-order valence-corrected chi connectivity index (χ4v) is 5.53. The molecular formula is C16H17NO5S2. The lowest BCUT2D eigenvalue weighted by molar-refractivity contribution is 0.174. The van der Waals surface area contributed by atoms with Crippen LogP contribution < -0.4 is 9.47 Å². The second-order valence-corrected chi connectivity index (χ2v) is 8.66. The van der Waals surface area contributed by atoms with E-state index in [1.807, 2.05) is 16.8 Å². The average molecular weight is 367 g/mol. The van der Waals surface area contributed by atoms with Crippen molar-refractivity contribution in [3.8, 4) is 11.5 Å². The van der Waals surface area contributed by atoms with Crippen LogP contribution in [0.15, 0.2) is 39.9 Å². The zero-order valence-corrected chi connectivity index (χ0v) is 14.4. The summed E-state index contributed by atoms with van der Waals surface area (Å²) >= 11 is 1.58. The summed E-state index contributed by atoms with van der Waals surface area (Å²) in [6.07, 6.45) is 0. The van der Waals surface area contributed by atoms with Gasteiger partial charge in [0, 0.05) is 37.6 Å². The van der Waals surface area contributed by atoms with E-state index >= 15 is 0 Å². The van der Waals surface area contributed by atoms with Crippen molar-refractivity contribution < 1.29 is 23.0 Å². The number of nitrogens with zero attached hydrogens (tertiary/aromatic N) is 1. The Balaban J connectivity index is 1.63. The van der Waals surface area contributed by atoms with E-state index in [0.717, 1.165) is 5.56 Å². The molecule has 0 aliphatic carbocycles. The normalized spacial score (nSPS) is 23.7. The summed E-state index contributed by atoms with van der Waals surface area (Å²) < 4.78 is 37.9. The van der Waals surface area contributed by atoms with Crippen molar-refractivity contribution in [2.45, 2.75) is 10.8 Å². The largest absolute Gasteiger partial charge is 0.454 e. The Morgan fingerprint density at radius 2 is 2.04 bits per heavy atom. The molecule has 2 aliphatic heterocycles. The van der Waals surface area contributed by atoms with Gasteiger partial charge in [-0.1, -0.05) is 0 Å². The molecule has 1 saturated heterocycles. The summed E-state index contributed by atoms with van der Waals surface area (Å²) in [5.74, 6) is 0.927. The molecule has 0 amide bonds. The highest BCUT2D eigenvalue weighted by molar-refractivity contribution is 7.89. The minimum atomic E-state index is -3.64. The van der Waals surface area contributed by atoms with Crippen molar-refractivity contribution in [1.29, 1.82) is 0 Å². The van der Waals surface area contributed by atoms with Gasteiger partial charge in [-0.25, -0.2) is 8.42 Å². The molecule has 0 bridgehead atoms. The molecule has 1 aromatic heterocycles. The maximum Gasteiger partial charge on any atom is 0.243 e. The molecule has 2 aromatic rings. The van der Waals surface area contributed by atoms with Gasteiger partial charge in [-0.05, 0) is 34.5 Å². The molecule has 6 nitrogen and oxygen atoms in total. The first-order chi connectivity index (χ1) is 11.6. The summed E-state index contributed by atoms with van der Waals surface area (Å²) in [4.78, 5) is 0.189. The smallest absolute Gasteiger partial charge is 0.243 e. The van der Waals surface area contributed by atoms with Crippen molar-refractivity contribution in [1.82, 2.24) is 4.31 Å². The number of fused-ring (bicyclic) bond motifs is 1. The predicted molar refractivity (Wildman–Crippen MR) is 89.0 cm³/mol. The minimum Gasteiger partial charge on any atom is -0.454 e. The van der Waals surface area contributed by atoms with Crippen molar-refractivity contribution in [3.63, 3.8) is 0 Å². The third-order valence-electron chi connectivity index (χ3n) is 4.60. The van der Waals surface area contributed by atoms with Gasteiger partial charge in [0.1, 0.15) is 0 Å². The van der Waals surface area contributed by atoms with Crippen LogP contribution in [-0.2, 0) is 10.0 Å². The van der Waals surface area contributed by atoms with E-state index in [-0.39, 0.29) is 30.1 Å². The van der Waals surface area contributed by atoms with E-state index in [9.17, 15) is 13.5 Å². The van der Waals surface area contributed by atoms with Crippen molar-refractivity contribution in [2.24, 2.45) is 5.92 Å². The number of thiophene rings is 1. The van der Waals surface area contributed by atoms with Gasteiger partial charge in [-0.15, -0.1) is 0 Å². The molecule has 4 rings (SSSR count). The first-order valence-corrected chi connectivity index (χ1v) is 10.0. The molecular weight excluding hydrogens is 350 g/mol. The minimum absolute atomic E-state index is 0.0186. The number of aliphatic hydroxyl groups is 1.